The van der Waals surface area contributed by atoms with Gasteiger partial charge in [-0.25, -0.2) is 0 Å². The third-order valence-electron chi connectivity index (χ3n) is 3.86. The first-order valence-electron chi connectivity index (χ1n) is 6.11. The second-order valence-corrected chi connectivity index (χ2v) is 4.75. The van der Waals surface area contributed by atoms with Crippen LogP contribution in [0.5, 0.6) is 0 Å². The maximum Gasteiger partial charge on any atom is 0.317 e. The van der Waals surface area contributed by atoms with E-state index >= 15 is 0 Å². The molecule has 5 heteroatoms. The fourth-order valence-electron chi connectivity index (χ4n) is 3.12. The summed E-state index contributed by atoms with van der Waals surface area (Å²) in [7, 11) is 1.31. The molecule has 17 heavy (non-hydrogen) atoms. The quantitative estimate of drug-likeness (QED) is 0.544. The van der Waals surface area contributed by atoms with Gasteiger partial charge in [0.25, 0.3) is 0 Å². The summed E-state index contributed by atoms with van der Waals surface area (Å²) in [6.07, 6.45) is 2.64. The van der Waals surface area contributed by atoms with E-state index in [0.717, 1.165) is 12.8 Å². The number of fused-ring (bicyclic) bond motifs is 2. The smallest absolute Gasteiger partial charge is 0.317 e. The lowest BCUT2D eigenvalue weighted by Gasteiger charge is -2.37. The molecule has 2 aliphatic rings. The van der Waals surface area contributed by atoms with Crippen LogP contribution in [-0.4, -0.2) is 49.1 Å². The van der Waals surface area contributed by atoms with Gasteiger partial charge >= 0.3 is 5.97 Å². The van der Waals surface area contributed by atoms with Gasteiger partial charge in [-0.3, -0.25) is 18.9 Å². The number of carbonyl (C=O) groups excluding carboxylic acids is 2. The van der Waals surface area contributed by atoms with Crippen LogP contribution in [0.1, 0.15) is 25.7 Å². The summed E-state index contributed by atoms with van der Waals surface area (Å²) in [5, 5.41) is 0. The highest BCUT2D eigenvalue weighted by Gasteiger charge is 2.49. The average molecular weight is 243 g/mol. The van der Waals surface area contributed by atoms with Gasteiger partial charge in [0, 0.05) is 25.0 Å². The van der Waals surface area contributed by atoms with Crippen LogP contribution in [0.3, 0.4) is 0 Å². The van der Waals surface area contributed by atoms with Crippen LogP contribution in [0, 0.1) is 5.92 Å². The molecule has 0 aromatic rings. The predicted octanol–water partition coefficient (Wildman–Crippen LogP) is 0.941. The molecule has 2 heterocycles. The Morgan fingerprint density at radius 3 is 2.94 bits per heavy atom. The van der Waals surface area contributed by atoms with Crippen LogP contribution in [0.2, 0.25) is 0 Å². The molecule has 0 amide bonds. The van der Waals surface area contributed by atoms with Crippen LogP contribution < -0.4 is 0 Å². The number of methoxy groups -OCH3 is 1. The SMILES string of the molecule is COC(=O)C1C(=O)CC2CCC1N2CCCF. The minimum atomic E-state index is -0.654. The van der Waals surface area contributed by atoms with Crippen molar-refractivity contribution in [3.63, 3.8) is 0 Å². The van der Waals surface area contributed by atoms with Crippen LogP contribution in [-0.2, 0) is 14.3 Å². The van der Waals surface area contributed by atoms with E-state index in [-0.39, 0.29) is 24.5 Å². The van der Waals surface area contributed by atoms with Crippen LogP contribution >= 0.6 is 0 Å². The fraction of sp³-hybridized carbons (Fsp3) is 0.833. The first-order valence-corrected chi connectivity index (χ1v) is 6.11. The first kappa shape index (κ1) is 12.5. The van der Waals surface area contributed by atoms with Crippen molar-refractivity contribution >= 4 is 11.8 Å². The van der Waals surface area contributed by atoms with Crippen molar-refractivity contribution in [2.24, 2.45) is 5.92 Å². The Hall–Kier alpha value is -0.970. The zero-order chi connectivity index (χ0) is 12.4. The van der Waals surface area contributed by atoms with E-state index in [4.69, 9.17) is 4.74 Å². The minimum Gasteiger partial charge on any atom is -0.468 e. The van der Waals surface area contributed by atoms with Gasteiger partial charge < -0.3 is 4.74 Å². The Kier molecular flexibility index (Phi) is 3.76. The second-order valence-electron chi connectivity index (χ2n) is 4.75. The van der Waals surface area contributed by atoms with Crippen LogP contribution in [0.4, 0.5) is 4.39 Å². The number of ketones is 1. The zero-order valence-electron chi connectivity index (χ0n) is 10.0. The van der Waals surface area contributed by atoms with Gasteiger partial charge in [-0.1, -0.05) is 0 Å². The molecular formula is C12H18FNO3. The van der Waals surface area contributed by atoms with Crippen molar-refractivity contribution in [2.75, 3.05) is 20.3 Å². The number of hydrogen-bond donors (Lipinski definition) is 0. The van der Waals surface area contributed by atoms with Gasteiger partial charge in [-0.05, 0) is 19.3 Å². The molecule has 3 unspecified atom stereocenters. The predicted molar refractivity (Wildman–Crippen MR) is 59.2 cm³/mol. The first-order chi connectivity index (χ1) is 8.19. The lowest BCUT2D eigenvalue weighted by Crippen LogP contribution is -2.52. The van der Waals surface area contributed by atoms with E-state index in [1.807, 2.05) is 0 Å². The number of alkyl halides is 1. The lowest BCUT2D eigenvalue weighted by atomic mass is 9.89. The van der Waals surface area contributed by atoms with Gasteiger partial charge in [0.1, 0.15) is 11.7 Å². The van der Waals surface area contributed by atoms with Crippen molar-refractivity contribution in [1.82, 2.24) is 4.90 Å². The highest BCUT2D eigenvalue weighted by molar-refractivity contribution is 6.00. The van der Waals surface area contributed by atoms with Gasteiger partial charge in [0.15, 0.2) is 0 Å². The Labute approximate surface area is 100 Å². The van der Waals surface area contributed by atoms with Crippen molar-refractivity contribution in [3.8, 4) is 0 Å². The average Bonchev–Trinajstić information content (AvgIpc) is 2.60. The summed E-state index contributed by atoms with van der Waals surface area (Å²) in [5.74, 6) is -1.11. The van der Waals surface area contributed by atoms with Crippen molar-refractivity contribution in [3.05, 3.63) is 0 Å². The standard InChI is InChI=1S/C12H18FNO3/c1-17-12(16)11-9-4-3-8(7-10(11)15)14(9)6-2-5-13/h8-9,11H,2-7H2,1H3. The molecule has 0 aromatic carbocycles. The number of ether oxygens (including phenoxy) is 1. The molecule has 2 saturated heterocycles. The number of rotatable bonds is 4. The number of piperidine rings is 1. The molecule has 0 aromatic heterocycles. The largest absolute Gasteiger partial charge is 0.468 e. The molecule has 2 rings (SSSR count). The van der Waals surface area contributed by atoms with E-state index in [1.54, 1.807) is 0 Å². The van der Waals surface area contributed by atoms with Crippen LogP contribution in [0.15, 0.2) is 0 Å². The van der Waals surface area contributed by atoms with Gasteiger partial charge in [0.05, 0.1) is 13.8 Å². The Bertz CT molecular complexity index is 321. The van der Waals surface area contributed by atoms with Gasteiger partial charge in [0.2, 0.25) is 0 Å². The van der Waals surface area contributed by atoms with Crippen LogP contribution in [0.25, 0.3) is 0 Å². The van der Waals surface area contributed by atoms with Gasteiger partial charge in [-0.2, -0.15) is 0 Å². The number of esters is 1. The van der Waals surface area contributed by atoms with Crippen molar-refractivity contribution < 1.29 is 18.7 Å². The summed E-state index contributed by atoms with van der Waals surface area (Å²) < 4.78 is 16.9. The molecule has 2 fully saturated rings. The Morgan fingerprint density at radius 2 is 2.29 bits per heavy atom. The van der Waals surface area contributed by atoms with E-state index in [9.17, 15) is 14.0 Å². The molecule has 2 aliphatic heterocycles. The monoisotopic (exact) mass is 243 g/mol. The summed E-state index contributed by atoms with van der Waals surface area (Å²) in [4.78, 5) is 25.6. The summed E-state index contributed by atoms with van der Waals surface area (Å²) in [5.41, 5.74) is 0. The number of halogens is 1. The van der Waals surface area contributed by atoms with E-state index in [0.29, 0.717) is 19.4 Å². The molecule has 4 nitrogen and oxygen atoms in total. The fourth-order valence-corrected chi connectivity index (χ4v) is 3.12. The van der Waals surface area contributed by atoms with Gasteiger partial charge in [-0.15, -0.1) is 0 Å². The van der Waals surface area contributed by atoms with Crippen molar-refractivity contribution in [1.29, 1.82) is 0 Å². The molecule has 0 saturated carbocycles. The molecule has 0 aliphatic carbocycles. The second kappa shape index (κ2) is 5.12. The molecule has 0 N–H and O–H groups in total. The Morgan fingerprint density at radius 1 is 1.53 bits per heavy atom. The summed E-state index contributed by atoms with van der Waals surface area (Å²) in [6, 6.07) is 0.139. The Balaban J connectivity index is 2.12. The summed E-state index contributed by atoms with van der Waals surface area (Å²) in [6.45, 7) is 0.277. The number of hydrogen-bond acceptors (Lipinski definition) is 4. The number of Topliss-reactive ketones (excluding diaryl/α,β-unsaturated/α-hetero) is 1. The van der Waals surface area contributed by atoms with Crippen molar-refractivity contribution in [2.45, 2.75) is 37.8 Å². The van der Waals surface area contributed by atoms with E-state index < -0.39 is 11.9 Å². The molecule has 0 spiro atoms. The highest BCUT2D eigenvalue weighted by Crippen LogP contribution is 2.37. The number of carbonyl (C=O) groups is 2. The molecule has 96 valence electrons. The van der Waals surface area contributed by atoms with E-state index in [1.165, 1.54) is 7.11 Å². The molecule has 3 atom stereocenters. The molecular weight excluding hydrogens is 225 g/mol. The maximum atomic E-state index is 12.2. The topological polar surface area (TPSA) is 46.6 Å². The third kappa shape index (κ3) is 2.20. The van der Waals surface area contributed by atoms with E-state index in [2.05, 4.69) is 4.90 Å². The maximum absolute atomic E-state index is 12.2. The molecule has 2 bridgehead atoms. The number of nitrogens with zero attached hydrogens (tertiary/aromatic N) is 1. The third-order valence-corrected chi connectivity index (χ3v) is 3.86. The lowest BCUT2D eigenvalue weighted by molar-refractivity contribution is -0.154. The normalized spacial score (nSPS) is 32.8. The zero-order valence-corrected chi connectivity index (χ0v) is 10.0. The highest BCUT2D eigenvalue weighted by atomic mass is 19.1. The minimum absolute atomic E-state index is 0.0131. The molecule has 0 radical (unpaired) electrons. The summed E-state index contributed by atoms with van der Waals surface area (Å²) >= 11 is 0.